The Kier molecular flexibility index (Phi) is 6.12. The summed E-state index contributed by atoms with van der Waals surface area (Å²) >= 11 is 0. The number of nitrogens with zero attached hydrogens (tertiary/aromatic N) is 1. The molecule has 0 aromatic heterocycles. The summed E-state index contributed by atoms with van der Waals surface area (Å²) in [5, 5.41) is 2.54. The topological polar surface area (TPSA) is 110 Å². The van der Waals surface area contributed by atoms with Gasteiger partial charge in [-0.1, -0.05) is 42.0 Å². The zero-order valence-corrected chi connectivity index (χ0v) is 15.4. The lowest BCUT2D eigenvalue weighted by Gasteiger charge is -2.20. The first-order valence-corrected chi connectivity index (χ1v) is 9.71. The summed E-state index contributed by atoms with van der Waals surface area (Å²) in [5.41, 5.74) is 7.51. The van der Waals surface area contributed by atoms with Gasteiger partial charge in [0.15, 0.2) is 0 Å². The molecule has 0 fully saturated rings. The van der Waals surface area contributed by atoms with E-state index in [-0.39, 0.29) is 24.3 Å². The highest BCUT2D eigenvalue weighted by atomic mass is 32.2. The van der Waals surface area contributed by atoms with Gasteiger partial charge in [0, 0.05) is 6.54 Å². The molecule has 0 radical (unpaired) electrons. The summed E-state index contributed by atoms with van der Waals surface area (Å²) in [5.74, 6) is -1.24. The van der Waals surface area contributed by atoms with Crippen molar-refractivity contribution in [2.45, 2.75) is 13.5 Å². The number of nitrogens with two attached hydrogens (primary N) is 1. The van der Waals surface area contributed by atoms with Gasteiger partial charge in [-0.2, -0.15) is 4.31 Å². The molecule has 0 aliphatic rings. The number of rotatable bonds is 7. The Morgan fingerprint density at radius 1 is 1.08 bits per heavy atom. The fraction of sp³-hybridized carbons (Fsp3) is 0.222. The molecule has 26 heavy (non-hydrogen) atoms. The quantitative estimate of drug-likeness (QED) is 0.764. The number of sulfonamides is 1. The number of amides is 2. The van der Waals surface area contributed by atoms with Crippen molar-refractivity contribution in [3.05, 3.63) is 65.2 Å². The third-order valence-corrected chi connectivity index (χ3v) is 4.93. The van der Waals surface area contributed by atoms with Gasteiger partial charge in [-0.05, 0) is 24.6 Å². The normalized spacial score (nSPS) is 11.3. The van der Waals surface area contributed by atoms with Crippen molar-refractivity contribution in [2.75, 3.05) is 18.1 Å². The fourth-order valence-electron chi connectivity index (χ4n) is 2.34. The fourth-order valence-corrected chi connectivity index (χ4v) is 3.08. The van der Waals surface area contributed by atoms with Gasteiger partial charge in [-0.15, -0.1) is 0 Å². The van der Waals surface area contributed by atoms with Crippen molar-refractivity contribution in [3.8, 4) is 0 Å². The first-order chi connectivity index (χ1) is 12.2. The number of primary amides is 1. The maximum atomic E-state index is 12.3. The molecule has 7 nitrogen and oxygen atoms in total. The molecule has 0 spiro atoms. The average molecular weight is 375 g/mol. The van der Waals surface area contributed by atoms with E-state index in [1.54, 1.807) is 12.1 Å². The van der Waals surface area contributed by atoms with E-state index in [9.17, 15) is 18.0 Å². The van der Waals surface area contributed by atoms with Gasteiger partial charge >= 0.3 is 0 Å². The first-order valence-electron chi connectivity index (χ1n) is 7.86. The lowest BCUT2D eigenvalue weighted by Crippen LogP contribution is -2.37. The Bertz CT molecular complexity index is 908. The SMILES string of the molecule is Cc1ccc(CN(CC(=O)Nc2ccccc2C(N)=O)S(C)(=O)=O)cc1. The van der Waals surface area contributed by atoms with Crippen LogP contribution in [0.3, 0.4) is 0 Å². The Balaban J connectivity index is 2.15. The molecule has 0 heterocycles. The highest BCUT2D eigenvalue weighted by Gasteiger charge is 2.21. The molecule has 2 rings (SSSR count). The Morgan fingerprint density at radius 2 is 1.69 bits per heavy atom. The summed E-state index contributed by atoms with van der Waals surface area (Å²) < 4.78 is 25.1. The Morgan fingerprint density at radius 3 is 2.27 bits per heavy atom. The van der Waals surface area contributed by atoms with E-state index >= 15 is 0 Å². The van der Waals surface area contributed by atoms with E-state index in [2.05, 4.69) is 5.32 Å². The summed E-state index contributed by atoms with van der Waals surface area (Å²) in [6, 6.07) is 13.7. The zero-order valence-electron chi connectivity index (χ0n) is 14.6. The number of nitrogens with one attached hydrogen (secondary N) is 1. The van der Waals surface area contributed by atoms with Gasteiger partial charge in [0.25, 0.3) is 5.91 Å². The van der Waals surface area contributed by atoms with Crippen molar-refractivity contribution in [2.24, 2.45) is 5.73 Å². The second-order valence-corrected chi connectivity index (χ2v) is 7.96. The van der Waals surface area contributed by atoms with Crippen LogP contribution in [0.1, 0.15) is 21.5 Å². The third kappa shape index (κ3) is 5.40. The van der Waals surface area contributed by atoms with Crippen LogP contribution in [-0.2, 0) is 21.4 Å². The second kappa shape index (κ2) is 8.11. The smallest absolute Gasteiger partial charge is 0.250 e. The Hall–Kier alpha value is -2.71. The summed E-state index contributed by atoms with van der Waals surface area (Å²) in [6.45, 7) is 1.63. The van der Waals surface area contributed by atoms with E-state index in [1.165, 1.54) is 12.1 Å². The molecule has 138 valence electrons. The molecule has 3 N–H and O–H groups in total. The molecule has 2 amide bonds. The van der Waals surface area contributed by atoms with Crippen LogP contribution in [0.4, 0.5) is 5.69 Å². The number of carbonyl (C=O) groups is 2. The van der Waals surface area contributed by atoms with Crippen molar-refractivity contribution in [1.82, 2.24) is 4.31 Å². The van der Waals surface area contributed by atoms with Crippen molar-refractivity contribution in [1.29, 1.82) is 0 Å². The molecule has 0 unspecified atom stereocenters. The van der Waals surface area contributed by atoms with Crippen LogP contribution in [-0.4, -0.2) is 37.3 Å². The molecule has 2 aromatic rings. The minimum Gasteiger partial charge on any atom is -0.366 e. The molecule has 0 aliphatic heterocycles. The molecule has 0 bridgehead atoms. The van der Waals surface area contributed by atoms with Gasteiger partial charge < -0.3 is 11.1 Å². The van der Waals surface area contributed by atoms with Crippen LogP contribution < -0.4 is 11.1 Å². The molecule has 0 saturated carbocycles. The van der Waals surface area contributed by atoms with Gasteiger partial charge in [0.2, 0.25) is 15.9 Å². The van der Waals surface area contributed by atoms with Gasteiger partial charge in [0.1, 0.15) is 0 Å². The van der Waals surface area contributed by atoms with Crippen LogP contribution in [0.15, 0.2) is 48.5 Å². The number of carbonyl (C=O) groups excluding carboxylic acids is 2. The van der Waals surface area contributed by atoms with Crippen LogP contribution in [0.25, 0.3) is 0 Å². The number of hydrogen-bond donors (Lipinski definition) is 2. The largest absolute Gasteiger partial charge is 0.366 e. The molecule has 0 saturated heterocycles. The number of benzene rings is 2. The number of aryl methyl sites for hydroxylation is 1. The van der Waals surface area contributed by atoms with Crippen LogP contribution >= 0.6 is 0 Å². The summed E-state index contributed by atoms with van der Waals surface area (Å²) in [6.07, 6.45) is 1.05. The number of para-hydroxylation sites is 1. The number of anilines is 1. The molecular weight excluding hydrogens is 354 g/mol. The lowest BCUT2D eigenvalue weighted by atomic mass is 10.1. The van der Waals surface area contributed by atoms with Crippen LogP contribution in [0.5, 0.6) is 0 Å². The van der Waals surface area contributed by atoms with E-state index in [0.717, 1.165) is 21.7 Å². The third-order valence-electron chi connectivity index (χ3n) is 3.74. The van der Waals surface area contributed by atoms with E-state index in [1.807, 2.05) is 31.2 Å². The molecular formula is C18H21N3O4S. The van der Waals surface area contributed by atoms with Crippen LogP contribution in [0.2, 0.25) is 0 Å². The lowest BCUT2D eigenvalue weighted by molar-refractivity contribution is -0.116. The minimum absolute atomic E-state index is 0.0734. The molecule has 0 atom stereocenters. The van der Waals surface area contributed by atoms with Gasteiger partial charge in [0.05, 0.1) is 24.1 Å². The standard InChI is InChI=1S/C18H21N3O4S/c1-13-7-9-14(10-8-13)11-21(26(2,24)25)12-17(22)20-16-6-4-3-5-15(16)18(19)23/h3-10H,11-12H2,1-2H3,(H2,19,23)(H,20,22). The van der Waals surface area contributed by atoms with Crippen LogP contribution in [0, 0.1) is 6.92 Å². The van der Waals surface area contributed by atoms with Gasteiger partial charge in [-0.3, -0.25) is 9.59 Å². The molecule has 2 aromatic carbocycles. The maximum Gasteiger partial charge on any atom is 0.250 e. The first kappa shape index (κ1) is 19.6. The number of hydrogen-bond acceptors (Lipinski definition) is 4. The highest BCUT2D eigenvalue weighted by molar-refractivity contribution is 7.88. The summed E-state index contributed by atoms with van der Waals surface area (Å²) in [7, 11) is -3.61. The highest BCUT2D eigenvalue weighted by Crippen LogP contribution is 2.15. The predicted molar refractivity (Wildman–Crippen MR) is 100 cm³/mol. The molecule has 8 heteroatoms. The van der Waals surface area contributed by atoms with E-state index in [4.69, 9.17) is 5.73 Å². The predicted octanol–water partition coefficient (Wildman–Crippen LogP) is 1.49. The second-order valence-electron chi connectivity index (χ2n) is 5.97. The Labute approximate surface area is 152 Å². The van der Waals surface area contributed by atoms with Gasteiger partial charge in [-0.25, -0.2) is 8.42 Å². The van der Waals surface area contributed by atoms with Crippen molar-refractivity contribution in [3.63, 3.8) is 0 Å². The average Bonchev–Trinajstić information content (AvgIpc) is 2.55. The minimum atomic E-state index is -3.61. The zero-order chi connectivity index (χ0) is 19.3. The van der Waals surface area contributed by atoms with E-state index in [0.29, 0.717) is 0 Å². The maximum absolute atomic E-state index is 12.3. The van der Waals surface area contributed by atoms with E-state index < -0.39 is 21.8 Å². The molecule has 0 aliphatic carbocycles. The summed E-state index contributed by atoms with van der Waals surface area (Å²) in [4.78, 5) is 23.7. The van der Waals surface area contributed by atoms with Crippen molar-refractivity contribution < 1.29 is 18.0 Å². The monoisotopic (exact) mass is 375 g/mol. The van der Waals surface area contributed by atoms with Crippen molar-refractivity contribution >= 4 is 27.5 Å².